The van der Waals surface area contributed by atoms with Crippen molar-refractivity contribution in [2.45, 2.75) is 25.3 Å². The molecule has 0 aliphatic carbocycles. The summed E-state index contributed by atoms with van der Waals surface area (Å²) in [5.74, 6) is 3.35. The molecule has 1 N–H and O–H groups in total. The van der Waals surface area contributed by atoms with E-state index >= 15 is 0 Å². The molecule has 0 saturated carbocycles. The van der Waals surface area contributed by atoms with Gasteiger partial charge in [-0.2, -0.15) is 5.10 Å². The molecular formula is C32H30N8O. The van der Waals surface area contributed by atoms with E-state index in [9.17, 15) is 0 Å². The maximum atomic E-state index is 5.31. The van der Waals surface area contributed by atoms with E-state index in [1.165, 1.54) is 5.56 Å². The molecule has 0 atom stereocenters. The van der Waals surface area contributed by atoms with E-state index in [-0.39, 0.29) is 0 Å². The summed E-state index contributed by atoms with van der Waals surface area (Å²) in [4.78, 5) is 21.0. The molecule has 1 saturated heterocycles. The number of benzene rings is 2. The first-order chi connectivity index (χ1) is 20.2. The monoisotopic (exact) mass is 542 g/mol. The van der Waals surface area contributed by atoms with Gasteiger partial charge in [-0.05, 0) is 43.1 Å². The zero-order valence-corrected chi connectivity index (χ0v) is 22.8. The molecule has 1 fully saturated rings. The molecule has 0 amide bonds. The standard InChI is InChI=1S/C32H30N8O/c1-41-26-11-14-33-28(19-26)31-36-30(37-38-31)25-12-16-39(17-13-25)20-22-7-9-24(10-8-22)29-27(23-5-3-2-4-6-23)21-40-18-15-34-32(40)35-29/h2-11,14-15,18-19,21,25H,12-13,16-17,20H2,1H3,(H,36,37,38). The summed E-state index contributed by atoms with van der Waals surface area (Å²) < 4.78 is 7.28. The lowest BCUT2D eigenvalue weighted by molar-refractivity contribution is 0.202. The van der Waals surface area contributed by atoms with Crippen molar-refractivity contribution in [2.75, 3.05) is 20.2 Å². The molecule has 1 aliphatic rings. The lowest BCUT2D eigenvalue weighted by atomic mass is 9.95. The number of nitrogens with zero attached hydrogens (tertiary/aromatic N) is 7. The van der Waals surface area contributed by atoms with Gasteiger partial charge in [0.1, 0.15) is 17.3 Å². The highest BCUT2D eigenvalue weighted by Gasteiger charge is 2.24. The van der Waals surface area contributed by atoms with Crippen molar-refractivity contribution in [3.63, 3.8) is 0 Å². The largest absolute Gasteiger partial charge is 0.497 e. The van der Waals surface area contributed by atoms with Gasteiger partial charge in [-0.15, -0.1) is 0 Å². The summed E-state index contributed by atoms with van der Waals surface area (Å²) >= 11 is 0. The molecule has 9 heteroatoms. The van der Waals surface area contributed by atoms with Gasteiger partial charge in [0.25, 0.3) is 0 Å². The van der Waals surface area contributed by atoms with Crippen molar-refractivity contribution in [2.24, 2.45) is 0 Å². The smallest absolute Gasteiger partial charge is 0.234 e. The number of methoxy groups -OCH3 is 1. The van der Waals surface area contributed by atoms with Gasteiger partial charge in [-0.3, -0.25) is 19.4 Å². The average molecular weight is 543 g/mol. The maximum Gasteiger partial charge on any atom is 0.234 e. The Hall–Kier alpha value is -4.89. The van der Waals surface area contributed by atoms with Gasteiger partial charge >= 0.3 is 0 Å². The Bertz CT molecular complexity index is 1770. The second-order valence-corrected chi connectivity index (χ2v) is 10.4. The number of rotatable bonds is 7. The Morgan fingerprint density at radius 2 is 1.73 bits per heavy atom. The third-order valence-electron chi connectivity index (χ3n) is 7.77. The Morgan fingerprint density at radius 3 is 2.54 bits per heavy atom. The minimum absolute atomic E-state index is 0.362. The third-order valence-corrected chi connectivity index (χ3v) is 7.77. The molecule has 6 aromatic rings. The van der Waals surface area contributed by atoms with E-state index in [2.05, 4.69) is 79.8 Å². The molecule has 5 heterocycles. The van der Waals surface area contributed by atoms with Gasteiger partial charge in [-0.25, -0.2) is 15.0 Å². The van der Waals surface area contributed by atoms with Gasteiger partial charge in [0.05, 0.1) is 12.8 Å². The van der Waals surface area contributed by atoms with E-state index in [4.69, 9.17) is 14.7 Å². The van der Waals surface area contributed by atoms with Gasteiger partial charge in [-0.1, -0.05) is 54.6 Å². The second kappa shape index (κ2) is 10.9. The molecule has 0 spiro atoms. The molecule has 0 unspecified atom stereocenters. The number of hydrogen-bond donors (Lipinski definition) is 1. The normalized spacial score (nSPS) is 14.5. The molecule has 204 valence electrons. The number of piperidine rings is 1. The van der Waals surface area contributed by atoms with Crippen LogP contribution in [0.3, 0.4) is 0 Å². The number of aromatic nitrogens is 7. The van der Waals surface area contributed by atoms with Crippen molar-refractivity contribution >= 4 is 5.78 Å². The van der Waals surface area contributed by atoms with E-state index in [1.807, 2.05) is 28.8 Å². The molecular weight excluding hydrogens is 512 g/mol. The Morgan fingerprint density at radius 1 is 0.902 bits per heavy atom. The SMILES string of the molecule is COc1ccnc(-c2n[nH]c(C3CCN(Cc4ccc(-c5nc6nccn6cc5-c5ccccc5)cc4)CC3)n2)c1. The van der Waals surface area contributed by atoms with Crippen LogP contribution < -0.4 is 4.74 Å². The first kappa shape index (κ1) is 25.1. The number of likely N-dealkylation sites (tertiary alicyclic amines) is 1. The quantitative estimate of drug-likeness (QED) is 0.279. The Labute approximate surface area is 237 Å². The lowest BCUT2D eigenvalue weighted by Gasteiger charge is -2.31. The van der Waals surface area contributed by atoms with Crippen LogP contribution in [-0.2, 0) is 6.54 Å². The minimum Gasteiger partial charge on any atom is -0.497 e. The lowest BCUT2D eigenvalue weighted by Crippen LogP contribution is -2.32. The van der Waals surface area contributed by atoms with Crippen LogP contribution in [0.4, 0.5) is 0 Å². The molecule has 0 bridgehead atoms. The maximum absolute atomic E-state index is 5.31. The molecule has 41 heavy (non-hydrogen) atoms. The highest BCUT2D eigenvalue weighted by atomic mass is 16.5. The molecule has 9 nitrogen and oxygen atoms in total. The summed E-state index contributed by atoms with van der Waals surface area (Å²) in [5, 5.41) is 7.57. The van der Waals surface area contributed by atoms with Crippen LogP contribution in [0.2, 0.25) is 0 Å². The highest BCUT2D eigenvalue weighted by Crippen LogP contribution is 2.32. The van der Waals surface area contributed by atoms with Crippen molar-refractivity contribution < 1.29 is 4.74 Å². The van der Waals surface area contributed by atoms with Gasteiger partial charge in [0, 0.05) is 54.4 Å². The third kappa shape index (κ3) is 5.19. The number of H-pyrrole nitrogens is 1. The van der Waals surface area contributed by atoms with Gasteiger partial charge < -0.3 is 4.74 Å². The van der Waals surface area contributed by atoms with Crippen LogP contribution >= 0.6 is 0 Å². The van der Waals surface area contributed by atoms with E-state index in [0.717, 1.165) is 66.4 Å². The first-order valence-electron chi connectivity index (χ1n) is 13.9. The fraction of sp³-hybridized carbons (Fsp3) is 0.219. The van der Waals surface area contributed by atoms with E-state index in [0.29, 0.717) is 23.2 Å². The van der Waals surface area contributed by atoms with Crippen LogP contribution in [0.1, 0.15) is 30.1 Å². The summed E-state index contributed by atoms with van der Waals surface area (Å²) in [5.41, 5.74) is 6.26. The van der Waals surface area contributed by atoms with E-state index in [1.54, 1.807) is 19.5 Å². The second-order valence-electron chi connectivity index (χ2n) is 10.4. The predicted octanol–water partition coefficient (Wildman–Crippen LogP) is 5.63. The number of aromatic amines is 1. The number of hydrogen-bond acceptors (Lipinski definition) is 7. The van der Waals surface area contributed by atoms with Crippen LogP contribution in [-0.4, -0.2) is 59.6 Å². The van der Waals surface area contributed by atoms with Crippen LogP contribution in [0.25, 0.3) is 39.7 Å². The Balaban J connectivity index is 1.02. The topological polar surface area (TPSA) is 97.1 Å². The minimum atomic E-state index is 0.362. The zero-order chi connectivity index (χ0) is 27.6. The summed E-state index contributed by atoms with van der Waals surface area (Å²) in [7, 11) is 1.64. The molecule has 4 aromatic heterocycles. The molecule has 1 aliphatic heterocycles. The number of pyridine rings is 1. The molecule has 0 radical (unpaired) electrons. The highest BCUT2D eigenvalue weighted by molar-refractivity contribution is 5.81. The van der Waals surface area contributed by atoms with Crippen LogP contribution in [0.5, 0.6) is 5.75 Å². The number of ether oxygens (including phenoxy) is 1. The van der Waals surface area contributed by atoms with Crippen molar-refractivity contribution in [3.8, 4) is 39.7 Å². The van der Waals surface area contributed by atoms with Crippen molar-refractivity contribution in [1.82, 2.24) is 39.4 Å². The number of fused-ring (bicyclic) bond motifs is 1. The summed E-state index contributed by atoms with van der Waals surface area (Å²) in [6, 6.07) is 22.9. The van der Waals surface area contributed by atoms with Crippen LogP contribution in [0.15, 0.2) is 91.5 Å². The fourth-order valence-corrected chi connectivity index (χ4v) is 5.52. The van der Waals surface area contributed by atoms with E-state index < -0.39 is 0 Å². The molecule has 7 rings (SSSR count). The summed E-state index contributed by atoms with van der Waals surface area (Å²) in [6.45, 7) is 2.94. The fourth-order valence-electron chi connectivity index (χ4n) is 5.52. The number of nitrogens with one attached hydrogen (secondary N) is 1. The van der Waals surface area contributed by atoms with Crippen molar-refractivity contribution in [1.29, 1.82) is 0 Å². The Kier molecular flexibility index (Phi) is 6.70. The number of imidazole rings is 1. The summed E-state index contributed by atoms with van der Waals surface area (Å²) in [6.07, 6.45) is 9.62. The van der Waals surface area contributed by atoms with Gasteiger partial charge in [0.15, 0.2) is 5.82 Å². The average Bonchev–Trinajstić information content (AvgIpc) is 3.72. The predicted molar refractivity (Wildman–Crippen MR) is 157 cm³/mol. The molecule has 2 aromatic carbocycles. The van der Waals surface area contributed by atoms with Crippen molar-refractivity contribution in [3.05, 3.63) is 103 Å². The van der Waals surface area contributed by atoms with Gasteiger partial charge in [0.2, 0.25) is 5.78 Å². The van der Waals surface area contributed by atoms with Crippen LogP contribution in [0, 0.1) is 0 Å². The zero-order valence-electron chi connectivity index (χ0n) is 22.8. The first-order valence-corrected chi connectivity index (χ1v) is 13.9.